The highest BCUT2D eigenvalue weighted by molar-refractivity contribution is 7.92. The molecule has 0 fully saturated rings. The SMILES string of the molecule is CN(c1cccc(NC(=O)CCCOc2ccc(Cl)cc2)c1)S(C)(=O)=O. The lowest BCUT2D eigenvalue weighted by atomic mass is 10.2. The second-order valence-corrected chi connectivity index (χ2v) is 8.19. The van der Waals surface area contributed by atoms with Gasteiger partial charge in [-0.1, -0.05) is 17.7 Å². The molecule has 8 heteroatoms. The van der Waals surface area contributed by atoms with Crippen molar-refractivity contribution < 1.29 is 17.9 Å². The van der Waals surface area contributed by atoms with Crippen LogP contribution < -0.4 is 14.4 Å². The number of nitrogens with one attached hydrogen (secondary N) is 1. The molecule has 0 saturated heterocycles. The van der Waals surface area contributed by atoms with Crippen LogP contribution in [0.25, 0.3) is 0 Å². The first kappa shape index (κ1) is 20.1. The molecule has 1 amide bonds. The van der Waals surface area contributed by atoms with Gasteiger partial charge in [-0.2, -0.15) is 0 Å². The van der Waals surface area contributed by atoms with Crippen LogP contribution in [0.4, 0.5) is 11.4 Å². The van der Waals surface area contributed by atoms with Crippen molar-refractivity contribution in [3.8, 4) is 5.75 Å². The van der Waals surface area contributed by atoms with Crippen molar-refractivity contribution >= 4 is 38.9 Å². The van der Waals surface area contributed by atoms with Crippen LogP contribution in [-0.4, -0.2) is 34.2 Å². The van der Waals surface area contributed by atoms with Crippen molar-refractivity contribution in [1.29, 1.82) is 0 Å². The lowest BCUT2D eigenvalue weighted by Gasteiger charge is -2.17. The zero-order valence-electron chi connectivity index (χ0n) is 14.6. The first-order valence-electron chi connectivity index (χ1n) is 7.98. The second kappa shape index (κ2) is 8.91. The van der Waals surface area contributed by atoms with E-state index in [2.05, 4.69) is 5.32 Å². The highest BCUT2D eigenvalue weighted by Gasteiger charge is 2.12. The number of sulfonamides is 1. The number of carbonyl (C=O) groups excluding carboxylic acids is 1. The lowest BCUT2D eigenvalue weighted by Crippen LogP contribution is -2.24. The number of carbonyl (C=O) groups is 1. The Bertz CT molecular complexity index is 854. The third-order valence-corrected chi connectivity index (χ3v) is 5.08. The van der Waals surface area contributed by atoms with E-state index in [1.54, 1.807) is 48.5 Å². The molecule has 1 N–H and O–H groups in total. The maximum atomic E-state index is 12.0. The minimum absolute atomic E-state index is 0.163. The Balaban J connectivity index is 1.81. The highest BCUT2D eigenvalue weighted by Crippen LogP contribution is 2.20. The average molecular weight is 397 g/mol. The van der Waals surface area contributed by atoms with Crippen molar-refractivity contribution in [2.24, 2.45) is 0 Å². The molecule has 0 aliphatic heterocycles. The molecule has 0 atom stereocenters. The van der Waals surface area contributed by atoms with Gasteiger partial charge in [0.25, 0.3) is 0 Å². The maximum Gasteiger partial charge on any atom is 0.231 e. The molecule has 2 rings (SSSR count). The van der Waals surface area contributed by atoms with Gasteiger partial charge in [-0.25, -0.2) is 8.42 Å². The van der Waals surface area contributed by atoms with Crippen molar-refractivity contribution in [3.63, 3.8) is 0 Å². The van der Waals surface area contributed by atoms with E-state index in [4.69, 9.17) is 16.3 Å². The Labute approximate surface area is 158 Å². The highest BCUT2D eigenvalue weighted by atomic mass is 35.5. The van der Waals surface area contributed by atoms with Crippen LogP contribution in [0, 0.1) is 0 Å². The summed E-state index contributed by atoms with van der Waals surface area (Å²) in [4.78, 5) is 12.0. The predicted octanol–water partition coefficient (Wildman–Crippen LogP) is 3.53. The largest absolute Gasteiger partial charge is 0.494 e. The summed E-state index contributed by atoms with van der Waals surface area (Å²) in [5.41, 5.74) is 1.03. The smallest absolute Gasteiger partial charge is 0.231 e. The number of rotatable bonds is 8. The van der Waals surface area contributed by atoms with Gasteiger partial charge in [0.1, 0.15) is 5.75 Å². The van der Waals surface area contributed by atoms with E-state index < -0.39 is 10.0 Å². The normalized spacial score (nSPS) is 11.0. The fourth-order valence-corrected chi connectivity index (χ4v) is 2.77. The number of hydrogen-bond acceptors (Lipinski definition) is 4. The molecule has 0 saturated carbocycles. The third-order valence-electron chi connectivity index (χ3n) is 3.62. The molecule has 26 heavy (non-hydrogen) atoms. The molecule has 0 aliphatic carbocycles. The number of halogens is 1. The predicted molar refractivity (Wildman–Crippen MR) is 104 cm³/mol. The third kappa shape index (κ3) is 6.24. The van der Waals surface area contributed by atoms with E-state index in [-0.39, 0.29) is 5.91 Å². The first-order chi connectivity index (χ1) is 12.3. The Morgan fingerprint density at radius 3 is 2.54 bits per heavy atom. The summed E-state index contributed by atoms with van der Waals surface area (Å²) in [6, 6.07) is 13.7. The van der Waals surface area contributed by atoms with Crippen LogP contribution in [0.15, 0.2) is 48.5 Å². The van der Waals surface area contributed by atoms with Gasteiger partial charge in [-0.3, -0.25) is 9.10 Å². The molecule has 0 radical (unpaired) electrons. The second-order valence-electron chi connectivity index (χ2n) is 5.73. The molecule has 0 heterocycles. The summed E-state index contributed by atoms with van der Waals surface area (Å²) < 4.78 is 29.9. The molecular formula is C18H21ClN2O4S. The zero-order chi connectivity index (χ0) is 19.2. The summed E-state index contributed by atoms with van der Waals surface area (Å²) in [6.07, 6.45) is 1.97. The van der Waals surface area contributed by atoms with Crippen LogP contribution >= 0.6 is 11.6 Å². The fraction of sp³-hybridized carbons (Fsp3) is 0.278. The summed E-state index contributed by atoms with van der Waals surface area (Å²) in [7, 11) is -1.89. The Hall–Kier alpha value is -2.25. The van der Waals surface area contributed by atoms with Gasteiger partial charge < -0.3 is 10.1 Å². The van der Waals surface area contributed by atoms with Gasteiger partial charge in [0.15, 0.2) is 0 Å². The van der Waals surface area contributed by atoms with Gasteiger partial charge in [-0.15, -0.1) is 0 Å². The molecule has 0 spiro atoms. The van der Waals surface area contributed by atoms with Crippen molar-refractivity contribution in [1.82, 2.24) is 0 Å². The zero-order valence-corrected chi connectivity index (χ0v) is 16.2. The Kier molecular flexibility index (Phi) is 6.88. The maximum absolute atomic E-state index is 12.0. The fourth-order valence-electron chi connectivity index (χ4n) is 2.15. The van der Waals surface area contributed by atoms with Crippen LogP contribution in [0.5, 0.6) is 5.75 Å². The van der Waals surface area contributed by atoms with Crippen LogP contribution in [0.3, 0.4) is 0 Å². The Morgan fingerprint density at radius 2 is 1.88 bits per heavy atom. The van der Waals surface area contributed by atoms with Gasteiger partial charge in [-0.05, 0) is 48.9 Å². The quantitative estimate of drug-likeness (QED) is 0.692. The Morgan fingerprint density at radius 1 is 1.19 bits per heavy atom. The lowest BCUT2D eigenvalue weighted by molar-refractivity contribution is -0.116. The van der Waals surface area contributed by atoms with Gasteiger partial charge >= 0.3 is 0 Å². The van der Waals surface area contributed by atoms with E-state index in [0.717, 1.165) is 10.6 Å². The van der Waals surface area contributed by atoms with Gasteiger partial charge in [0.05, 0.1) is 18.6 Å². The molecule has 0 aromatic heterocycles. The van der Waals surface area contributed by atoms with Gasteiger partial charge in [0, 0.05) is 24.2 Å². The minimum Gasteiger partial charge on any atom is -0.494 e. The van der Waals surface area contributed by atoms with E-state index in [1.165, 1.54) is 7.05 Å². The van der Waals surface area contributed by atoms with E-state index >= 15 is 0 Å². The molecule has 0 bridgehead atoms. The molecule has 6 nitrogen and oxygen atoms in total. The summed E-state index contributed by atoms with van der Waals surface area (Å²) >= 11 is 5.80. The van der Waals surface area contributed by atoms with E-state index in [1.807, 2.05) is 0 Å². The number of nitrogens with zero attached hydrogens (tertiary/aromatic N) is 1. The summed E-state index contributed by atoms with van der Waals surface area (Å²) in [5, 5.41) is 3.40. The molecular weight excluding hydrogens is 376 g/mol. The minimum atomic E-state index is -3.35. The number of anilines is 2. The molecule has 2 aromatic carbocycles. The van der Waals surface area contributed by atoms with Crippen LogP contribution in [0.2, 0.25) is 5.02 Å². The number of hydrogen-bond donors (Lipinski definition) is 1. The molecule has 0 aliphatic rings. The van der Waals surface area contributed by atoms with Crippen LogP contribution in [-0.2, 0) is 14.8 Å². The van der Waals surface area contributed by atoms with Crippen molar-refractivity contribution in [2.45, 2.75) is 12.8 Å². The van der Waals surface area contributed by atoms with E-state index in [9.17, 15) is 13.2 Å². The summed E-state index contributed by atoms with van der Waals surface area (Å²) in [5.74, 6) is 0.537. The van der Waals surface area contributed by atoms with Crippen molar-refractivity contribution in [2.75, 3.05) is 29.5 Å². The molecule has 2 aromatic rings. The van der Waals surface area contributed by atoms with Crippen molar-refractivity contribution in [3.05, 3.63) is 53.6 Å². The summed E-state index contributed by atoms with van der Waals surface area (Å²) in [6.45, 7) is 0.409. The standard InChI is InChI=1S/C18H21ClN2O4S/c1-21(26(2,23)24)16-6-3-5-15(13-16)20-18(22)7-4-12-25-17-10-8-14(19)9-11-17/h3,5-6,8-11,13H,4,7,12H2,1-2H3,(H,20,22). The number of ether oxygens (including phenoxy) is 1. The first-order valence-corrected chi connectivity index (χ1v) is 10.2. The van der Waals surface area contributed by atoms with E-state index in [0.29, 0.717) is 41.6 Å². The average Bonchev–Trinajstić information content (AvgIpc) is 2.59. The van der Waals surface area contributed by atoms with Crippen LogP contribution in [0.1, 0.15) is 12.8 Å². The number of amides is 1. The van der Waals surface area contributed by atoms with Gasteiger partial charge in [0.2, 0.25) is 15.9 Å². The number of benzene rings is 2. The monoisotopic (exact) mass is 396 g/mol. The molecule has 140 valence electrons. The topological polar surface area (TPSA) is 75.7 Å². The molecule has 0 unspecified atom stereocenters.